The minimum Gasteiger partial charge on any atom is -0.378 e. The molecule has 1 heterocycles. The molecule has 4 heteroatoms. The lowest BCUT2D eigenvalue weighted by molar-refractivity contribution is 0.0129. The van der Waals surface area contributed by atoms with Crippen LogP contribution in [0.2, 0.25) is 0 Å². The molecule has 2 nitrogen and oxygen atoms in total. The van der Waals surface area contributed by atoms with Crippen molar-refractivity contribution in [2.75, 3.05) is 6.61 Å². The molecule has 1 aromatic carbocycles. The number of hydrogen-bond acceptors (Lipinski definition) is 2. The SMILES string of the molecule is O=C(CC1CCCCO1)c1cc(F)cc(F)c1. The first-order chi connectivity index (χ1) is 8.15. The molecule has 1 atom stereocenters. The summed E-state index contributed by atoms with van der Waals surface area (Å²) < 4.78 is 31.3. The topological polar surface area (TPSA) is 26.3 Å². The van der Waals surface area contributed by atoms with Crippen LogP contribution in [0.5, 0.6) is 0 Å². The van der Waals surface area contributed by atoms with E-state index in [1.807, 2.05) is 0 Å². The molecule has 17 heavy (non-hydrogen) atoms. The molecule has 1 aromatic rings. The number of halogens is 2. The van der Waals surface area contributed by atoms with Gasteiger partial charge < -0.3 is 4.74 Å². The molecule has 0 spiro atoms. The Kier molecular flexibility index (Phi) is 3.84. The quantitative estimate of drug-likeness (QED) is 0.759. The first-order valence-corrected chi connectivity index (χ1v) is 5.76. The molecule has 1 saturated heterocycles. The maximum atomic E-state index is 12.9. The maximum absolute atomic E-state index is 12.9. The van der Waals surface area contributed by atoms with Crippen molar-refractivity contribution in [1.82, 2.24) is 0 Å². The lowest BCUT2D eigenvalue weighted by atomic mass is 10.00. The predicted octanol–water partition coefficient (Wildman–Crippen LogP) is 3.11. The third-order valence-corrected chi connectivity index (χ3v) is 2.87. The first kappa shape index (κ1) is 12.2. The number of carbonyl (C=O) groups excluding carboxylic acids is 1. The minimum absolute atomic E-state index is 0.0803. The van der Waals surface area contributed by atoms with Gasteiger partial charge in [-0.2, -0.15) is 0 Å². The van der Waals surface area contributed by atoms with Gasteiger partial charge in [-0.3, -0.25) is 4.79 Å². The Balaban J connectivity index is 2.03. The second-order valence-electron chi connectivity index (χ2n) is 4.27. The van der Waals surface area contributed by atoms with E-state index in [-0.39, 0.29) is 23.9 Å². The third kappa shape index (κ3) is 3.33. The summed E-state index contributed by atoms with van der Waals surface area (Å²) in [5.41, 5.74) is 0.0803. The van der Waals surface area contributed by atoms with E-state index in [9.17, 15) is 13.6 Å². The van der Waals surface area contributed by atoms with Gasteiger partial charge in [0.1, 0.15) is 11.6 Å². The van der Waals surface area contributed by atoms with Gasteiger partial charge in [-0.15, -0.1) is 0 Å². The van der Waals surface area contributed by atoms with Gasteiger partial charge in [0.05, 0.1) is 6.10 Å². The smallest absolute Gasteiger partial charge is 0.165 e. The molecule has 2 rings (SSSR count). The zero-order chi connectivity index (χ0) is 12.3. The van der Waals surface area contributed by atoms with Crippen LogP contribution >= 0.6 is 0 Å². The third-order valence-electron chi connectivity index (χ3n) is 2.87. The first-order valence-electron chi connectivity index (χ1n) is 5.76. The van der Waals surface area contributed by atoms with Crippen molar-refractivity contribution in [3.05, 3.63) is 35.4 Å². The van der Waals surface area contributed by atoms with Crippen LogP contribution in [0.1, 0.15) is 36.0 Å². The predicted molar refractivity (Wildman–Crippen MR) is 58.9 cm³/mol. The van der Waals surface area contributed by atoms with Crippen LogP contribution < -0.4 is 0 Å². The fraction of sp³-hybridized carbons (Fsp3) is 0.462. The van der Waals surface area contributed by atoms with Gasteiger partial charge in [-0.05, 0) is 31.4 Å². The molecular formula is C13H14F2O2. The van der Waals surface area contributed by atoms with E-state index in [1.54, 1.807) is 0 Å². The summed E-state index contributed by atoms with van der Waals surface area (Å²) in [5, 5.41) is 0. The summed E-state index contributed by atoms with van der Waals surface area (Å²) in [5.74, 6) is -1.72. The highest BCUT2D eigenvalue weighted by molar-refractivity contribution is 5.96. The standard InChI is InChI=1S/C13H14F2O2/c14-10-5-9(6-11(15)7-10)13(16)8-12-3-1-2-4-17-12/h5-7,12H,1-4,8H2. The Morgan fingerprint density at radius 1 is 1.24 bits per heavy atom. The van der Waals surface area contributed by atoms with Crippen LogP contribution in [-0.4, -0.2) is 18.5 Å². The monoisotopic (exact) mass is 240 g/mol. The second-order valence-corrected chi connectivity index (χ2v) is 4.27. The molecule has 1 aliphatic heterocycles. The van der Waals surface area contributed by atoms with Gasteiger partial charge in [0, 0.05) is 24.7 Å². The van der Waals surface area contributed by atoms with Crippen molar-refractivity contribution in [2.45, 2.75) is 31.8 Å². The molecule has 1 aliphatic rings. The Labute approximate surface area is 98.6 Å². The zero-order valence-electron chi connectivity index (χ0n) is 9.42. The lowest BCUT2D eigenvalue weighted by Gasteiger charge is -2.21. The molecular weight excluding hydrogens is 226 g/mol. The van der Waals surface area contributed by atoms with Crippen molar-refractivity contribution in [3.8, 4) is 0 Å². The normalized spacial score (nSPS) is 20.2. The maximum Gasteiger partial charge on any atom is 0.165 e. The number of rotatable bonds is 3. The van der Waals surface area contributed by atoms with E-state index in [0.29, 0.717) is 6.61 Å². The van der Waals surface area contributed by atoms with Crippen LogP contribution in [0.3, 0.4) is 0 Å². The van der Waals surface area contributed by atoms with E-state index in [1.165, 1.54) is 0 Å². The van der Waals surface area contributed by atoms with Crippen LogP contribution in [0.4, 0.5) is 8.78 Å². The zero-order valence-corrected chi connectivity index (χ0v) is 9.42. The molecule has 0 aromatic heterocycles. The molecule has 0 N–H and O–H groups in total. The van der Waals surface area contributed by atoms with Crippen LogP contribution in [-0.2, 0) is 4.74 Å². The Morgan fingerprint density at radius 3 is 2.53 bits per heavy atom. The molecule has 0 saturated carbocycles. The summed E-state index contributed by atoms with van der Waals surface area (Å²) in [6, 6.07) is 2.89. The van der Waals surface area contributed by atoms with Crippen molar-refractivity contribution < 1.29 is 18.3 Å². The highest BCUT2D eigenvalue weighted by atomic mass is 19.1. The Bertz CT molecular complexity index is 392. The molecule has 0 bridgehead atoms. The minimum atomic E-state index is -0.724. The average molecular weight is 240 g/mol. The van der Waals surface area contributed by atoms with Gasteiger partial charge in [-0.1, -0.05) is 0 Å². The van der Waals surface area contributed by atoms with Crippen LogP contribution in [0.25, 0.3) is 0 Å². The lowest BCUT2D eigenvalue weighted by Crippen LogP contribution is -2.22. The summed E-state index contributed by atoms with van der Waals surface area (Å²) in [4.78, 5) is 11.8. The van der Waals surface area contributed by atoms with Crippen molar-refractivity contribution in [3.63, 3.8) is 0 Å². The van der Waals surface area contributed by atoms with Crippen LogP contribution in [0.15, 0.2) is 18.2 Å². The van der Waals surface area contributed by atoms with Gasteiger partial charge in [0.15, 0.2) is 5.78 Å². The van der Waals surface area contributed by atoms with Crippen molar-refractivity contribution in [1.29, 1.82) is 0 Å². The van der Waals surface area contributed by atoms with Crippen molar-refractivity contribution >= 4 is 5.78 Å². The number of ketones is 1. The molecule has 1 fully saturated rings. The Hall–Kier alpha value is -1.29. The van der Waals surface area contributed by atoms with Crippen LogP contribution in [0, 0.1) is 11.6 Å². The molecule has 0 aliphatic carbocycles. The van der Waals surface area contributed by atoms with Gasteiger partial charge in [-0.25, -0.2) is 8.78 Å². The number of hydrogen-bond donors (Lipinski definition) is 0. The Morgan fingerprint density at radius 2 is 1.94 bits per heavy atom. The highest BCUT2D eigenvalue weighted by Crippen LogP contribution is 2.18. The average Bonchev–Trinajstić information content (AvgIpc) is 2.29. The number of benzene rings is 1. The van der Waals surface area contributed by atoms with E-state index in [0.717, 1.165) is 37.5 Å². The van der Waals surface area contributed by atoms with Crippen molar-refractivity contribution in [2.24, 2.45) is 0 Å². The molecule has 92 valence electrons. The fourth-order valence-corrected chi connectivity index (χ4v) is 2.01. The molecule has 0 amide bonds. The summed E-state index contributed by atoms with van der Waals surface area (Å²) >= 11 is 0. The second kappa shape index (κ2) is 5.36. The number of ether oxygens (including phenoxy) is 1. The fourth-order valence-electron chi connectivity index (χ4n) is 2.01. The summed E-state index contributed by atoms with van der Waals surface area (Å²) in [7, 11) is 0. The summed E-state index contributed by atoms with van der Waals surface area (Å²) in [6.07, 6.45) is 2.98. The van der Waals surface area contributed by atoms with E-state index < -0.39 is 11.6 Å². The molecule has 1 unspecified atom stereocenters. The molecule has 0 radical (unpaired) electrons. The van der Waals surface area contributed by atoms with Gasteiger partial charge >= 0.3 is 0 Å². The highest BCUT2D eigenvalue weighted by Gasteiger charge is 2.19. The summed E-state index contributed by atoms with van der Waals surface area (Å²) in [6.45, 7) is 0.662. The largest absolute Gasteiger partial charge is 0.378 e. The number of Topliss-reactive ketones (excluding diaryl/α,β-unsaturated/α-hetero) is 1. The van der Waals surface area contributed by atoms with Gasteiger partial charge in [0.2, 0.25) is 0 Å². The van der Waals surface area contributed by atoms with E-state index in [2.05, 4.69) is 0 Å². The van der Waals surface area contributed by atoms with Gasteiger partial charge in [0.25, 0.3) is 0 Å². The van der Waals surface area contributed by atoms with E-state index >= 15 is 0 Å². The van der Waals surface area contributed by atoms with E-state index in [4.69, 9.17) is 4.74 Å². The number of carbonyl (C=O) groups is 1.